The number of aromatic amines is 1. The Bertz CT molecular complexity index is 2660. The number of hydrogen-bond donors (Lipinski definition) is 2. The van der Waals surface area contributed by atoms with Gasteiger partial charge in [-0.1, -0.05) is 55.8 Å². The third-order valence-electron chi connectivity index (χ3n) is 16.4. The summed E-state index contributed by atoms with van der Waals surface area (Å²) in [5.41, 5.74) is 1.96. The quantitative estimate of drug-likeness (QED) is 0.102. The standard InChI is InChI=1S/C53H62N4O9/c1-8-33-25-34-28-52(49(60)64-7,44-38(19-23-56(29-33)30-34)37-13-10-11-14-41(37)54-44)40-26-39-42(27-43(40)63-6)55(4)47-51(39)21-24-57-22-12-20-50(9-2,46(51)57)48(66-32(3)58)53(47,61)31-65-45(59)35-15-17-36(62-5)18-16-35/h10-18,20,25-27,34,46-48,54,61H,8-9,19,21-24,28-31H2,1-7H3/t34-,46?,47+,48+,50+,51+,52-,53-/m0/s1. The van der Waals surface area contributed by atoms with Crippen LogP contribution < -0.4 is 14.4 Å². The molecule has 2 N–H and O–H groups in total. The fourth-order valence-corrected chi connectivity index (χ4v) is 14.0. The molecule has 13 nitrogen and oxygen atoms in total. The van der Waals surface area contributed by atoms with Gasteiger partial charge in [0.05, 0.1) is 32.9 Å². The van der Waals surface area contributed by atoms with E-state index in [1.807, 2.05) is 19.2 Å². The number of benzene rings is 3. The van der Waals surface area contributed by atoms with Crippen molar-refractivity contribution in [2.24, 2.45) is 11.3 Å². The molecule has 4 aromatic rings. The Labute approximate surface area is 386 Å². The van der Waals surface area contributed by atoms with Gasteiger partial charge in [0.2, 0.25) is 0 Å². The minimum atomic E-state index is -1.94. The second kappa shape index (κ2) is 16.3. The first kappa shape index (κ1) is 44.2. The van der Waals surface area contributed by atoms with Crippen LogP contribution in [0.3, 0.4) is 0 Å². The molecule has 1 saturated carbocycles. The van der Waals surface area contributed by atoms with Crippen molar-refractivity contribution >= 4 is 34.5 Å². The van der Waals surface area contributed by atoms with Gasteiger partial charge in [0.1, 0.15) is 29.6 Å². The Morgan fingerprint density at radius 1 is 0.955 bits per heavy atom. The number of para-hydroxylation sites is 1. The molecule has 10 rings (SSSR count). The van der Waals surface area contributed by atoms with Gasteiger partial charge in [-0.25, -0.2) is 4.79 Å². The average molecular weight is 899 g/mol. The van der Waals surface area contributed by atoms with Gasteiger partial charge in [-0.15, -0.1) is 0 Å². The number of anilines is 1. The molecule has 9 atom stereocenters. The van der Waals surface area contributed by atoms with Crippen LogP contribution in [-0.4, -0.2) is 129 Å². The summed E-state index contributed by atoms with van der Waals surface area (Å²) < 4.78 is 30.4. The number of nitrogens with one attached hydrogen (secondary N) is 1. The Morgan fingerprint density at radius 3 is 2.45 bits per heavy atom. The van der Waals surface area contributed by atoms with Gasteiger partial charge in [-0.3, -0.25) is 19.4 Å². The molecule has 1 aliphatic carbocycles. The highest BCUT2D eigenvalue weighted by Crippen LogP contribution is 2.68. The van der Waals surface area contributed by atoms with Gasteiger partial charge in [0, 0.05) is 90.9 Å². The molecule has 1 saturated heterocycles. The molecular formula is C53H62N4O9. The second-order valence-corrected chi connectivity index (χ2v) is 19.5. The Kier molecular flexibility index (Phi) is 10.9. The number of carbonyl (C=O) groups is 3. The van der Waals surface area contributed by atoms with Crippen LogP contribution in [0.5, 0.6) is 11.5 Å². The number of likely N-dealkylation sites (N-methyl/N-ethyl adjacent to an activating group) is 1. The number of esters is 3. The summed E-state index contributed by atoms with van der Waals surface area (Å²) in [7, 11) is 6.64. The predicted octanol–water partition coefficient (Wildman–Crippen LogP) is 6.49. The Morgan fingerprint density at radius 2 is 1.74 bits per heavy atom. The van der Waals surface area contributed by atoms with E-state index < -0.39 is 52.5 Å². The van der Waals surface area contributed by atoms with E-state index in [1.165, 1.54) is 19.6 Å². The summed E-state index contributed by atoms with van der Waals surface area (Å²) in [6.07, 6.45) is 8.77. The van der Waals surface area contributed by atoms with E-state index in [4.69, 9.17) is 23.7 Å². The molecule has 6 heterocycles. The first-order valence-corrected chi connectivity index (χ1v) is 23.5. The smallest absolute Gasteiger partial charge is 0.338 e. The van der Waals surface area contributed by atoms with Crippen molar-refractivity contribution in [3.63, 3.8) is 0 Å². The fraction of sp³-hybridized carbons (Fsp3) is 0.491. The van der Waals surface area contributed by atoms with E-state index in [9.17, 15) is 14.7 Å². The summed E-state index contributed by atoms with van der Waals surface area (Å²) in [4.78, 5) is 53.6. The topological polar surface area (TPSA) is 143 Å². The molecule has 2 fully saturated rings. The van der Waals surface area contributed by atoms with Crippen molar-refractivity contribution in [1.82, 2.24) is 14.8 Å². The first-order valence-electron chi connectivity index (χ1n) is 23.5. The first-order chi connectivity index (χ1) is 31.8. The zero-order chi connectivity index (χ0) is 46.3. The van der Waals surface area contributed by atoms with Crippen molar-refractivity contribution < 1.29 is 43.2 Å². The molecule has 5 aliphatic heterocycles. The maximum Gasteiger partial charge on any atom is 0.338 e. The van der Waals surface area contributed by atoms with Crippen LogP contribution in [0.15, 0.2) is 84.5 Å². The molecule has 1 spiro atoms. The minimum absolute atomic E-state index is 0.0135. The maximum atomic E-state index is 15.5. The number of hydrogen-bond acceptors (Lipinski definition) is 12. The van der Waals surface area contributed by atoms with Crippen LogP contribution in [0.1, 0.15) is 79.2 Å². The van der Waals surface area contributed by atoms with Gasteiger partial charge >= 0.3 is 17.9 Å². The van der Waals surface area contributed by atoms with E-state index >= 15 is 4.79 Å². The van der Waals surface area contributed by atoms with E-state index in [0.717, 1.165) is 65.9 Å². The molecule has 66 heavy (non-hydrogen) atoms. The molecular weight excluding hydrogens is 837 g/mol. The molecule has 2 bridgehead atoms. The lowest BCUT2D eigenvalue weighted by atomic mass is 9.47. The minimum Gasteiger partial charge on any atom is -0.497 e. The second-order valence-electron chi connectivity index (χ2n) is 19.5. The van der Waals surface area contributed by atoms with Crippen LogP contribution >= 0.6 is 0 Å². The zero-order valence-electron chi connectivity index (χ0n) is 39.1. The van der Waals surface area contributed by atoms with E-state index in [1.54, 1.807) is 38.5 Å². The summed E-state index contributed by atoms with van der Waals surface area (Å²) in [6.45, 7) is 9.10. The number of nitrogens with zero attached hydrogens (tertiary/aromatic N) is 3. The number of rotatable bonds is 10. The number of aromatic nitrogens is 1. The highest BCUT2D eigenvalue weighted by atomic mass is 16.6. The lowest BCUT2D eigenvalue weighted by molar-refractivity contribution is -0.228. The van der Waals surface area contributed by atoms with Crippen LogP contribution in [-0.2, 0) is 41.1 Å². The van der Waals surface area contributed by atoms with Crippen LogP contribution in [0.4, 0.5) is 5.69 Å². The van der Waals surface area contributed by atoms with Crippen molar-refractivity contribution in [3.8, 4) is 11.5 Å². The largest absolute Gasteiger partial charge is 0.497 e. The molecule has 13 heteroatoms. The average Bonchev–Trinajstić information content (AvgIpc) is 4.00. The predicted molar refractivity (Wildman–Crippen MR) is 250 cm³/mol. The lowest BCUT2D eigenvalue weighted by Crippen LogP contribution is -2.80. The summed E-state index contributed by atoms with van der Waals surface area (Å²) in [6, 6.07) is 18.1. The Hall–Kier alpha value is -5.63. The SMILES string of the molecule is CCC1=C[C@@H]2CN(CCc3c([nH]c4ccccc34)[C@@](C(=O)OC)(c3cc4c(cc3OC)N(C)[C@H]3[C@@](O)(COC(=O)c5ccc(OC)cc5)[C@H](OC(C)=O)[C@]5(CC)C=CCN6CC[C@]43C65)C2)C1. The normalized spacial score (nSPS) is 31.8. The van der Waals surface area contributed by atoms with Gasteiger partial charge in [0.15, 0.2) is 5.60 Å². The number of H-pyrrole nitrogens is 1. The van der Waals surface area contributed by atoms with Crippen molar-refractivity contribution in [2.45, 2.75) is 87.5 Å². The zero-order valence-corrected chi connectivity index (χ0v) is 39.1. The van der Waals surface area contributed by atoms with E-state index in [2.05, 4.69) is 76.0 Å². The van der Waals surface area contributed by atoms with Crippen LogP contribution in [0, 0.1) is 11.3 Å². The molecule has 2 unspecified atom stereocenters. The van der Waals surface area contributed by atoms with Gasteiger partial charge in [-0.05, 0) is 92.1 Å². The maximum absolute atomic E-state index is 15.5. The third-order valence-corrected chi connectivity index (χ3v) is 16.4. The number of fused-ring (bicyclic) bond motifs is 6. The summed E-state index contributed by atoms with van der Waals surface area (Å²) in [5.74, 6) is -0.422. The monoisotopic (exact) mass is 898 g/mol. The van der Waals surface area contributed by atoms with Gasteiger partial charge < -0.3 is 38.7 Å². The number of aliphatic hydroxyl groups is 1. The molecule has 0 amide bonds. The third kappa shape index (κ3) is 6.25. The molecule has 1 aromatic heterocycles. The molecule has 0 radical (unpaired) electrons. The summed E-state index contributed by atoms with van der Waals surface area (Å²) in [5, 5.41) is 15.0. The Balaban J connectivity index is 1.22. The van der Waals surface area contributed by atoms with E-state index in [-0.39, 0.29) is 17.9 Å². The van der Waals surface area contributed by atoms with Gasteiger partial charge in [0.25, 0.3) is 0 Å². The molecule has 3 aromatic carbocycles. The van der Waals surface area contributed by atoms with E-state index in [0.29, 0.717) is 55.0 Å². The fourth-order valence-electron chi connectivity index (χ4n) is 14.0. The highest BCUT2D eigenvalue weighted by Gasteiger charge is 2.78. The van der Waals surface area contributed by atoms with Crippen LogP contribution in [0.2, 0.25) is 0 Å². The van der Waals surface area contributed by atoms with Crippen LogP contribution in [0.25, 0.3) is 10.9 Å². The number of methoxy groups -OCH3 is 3. The van der Waals surface area contributed by atoms with Gasteiger partial charge in [-0.2, -0.15) is 0 Å². The van der Waals surface area contributed by atoms with Crippen molar-refractivity contribution in [2.75, 3.05) is 72.6 Å². The molecule has 348 valence electrons. The summed E-state index contributed by atoms with van der Waals surface area (Å²) >= 11 is 0. The van der Waals surface area contributed by atoms with Crippen molar-refractivity contribution in [3.05, 3.63) is 112 Å². The molecule has 6 aliphatic rings. The number of carbonyl (C=O) groups excluding carboxylic acids is 3. The highest BCUT2D eigenvalue weighted by molar-refractivity contribution is 5.94. The lowest BCUT2D eigenvalue weighted by Gasteiger charge is -2.64. The number of ether oxygens (including phenoxy) is 5. The van der Waals surface area contributed by atoms with Crippen molar-refractivity contribution in [1.29, 1.82) is 0 Å².